The van der Waals surface area contributed by atoms with Gasteiger partial charge in [-0.1, -0.05) is 19.9 Å². The fourth-order valence-electron chi connectivity index (χ4n) is 3.27. The van der Waals surface area contributed by atoms with Gasteiger partial charge in [-0.3, -0.25) is 0 Å². The monoisotopic (exact) mass is 281 g/mol. The quantitative estimate of drug-likeness (QED) is 0.864. The molecule has 0 aliphatic heterocycles. The highest BCUT2D eigenvalue weighted by molar-refractivity contribution is 7.10. The van der Waals surface area contributed by atoms with Crippen molar-refractivity contribution in [3.63, 3.8) is 0 Å². The first-order valence-corrected chi connectivity index (χ1v) is 8.25. The van der Waals surface area contributed by atoms with Gasteiger partial charge in [0.05, 0.1) is 11.6 Å². The Labute approximate surface area is 121 Å². The van der Waals surface area contributed by atoms with E-state index in [1.165, 1.54) is 17.7 Å². The van der Waals surface area contributed by atoms with E-state index in [-0.39, 0.29) is 5.60 Å². The highest BCUT2D eigenvalue weighted by Gasteiger charge is 2.45. The van der Waals surface area contributed by atoms with Crippen LogP contribution in [0.15, 0.2) is 17.5 Å². The van der Waals surface area contributed by atoms with Gasteiger partial charge in [0.25, 0.3) is 0 Å². The zero-order valence-corrected chi connectivity index (χ0v) is 13.5. The molecule has 2 nitrogen and oxygen atoms in total. The second-order valence-electron chi connectivity index (χ2n) is 6.40. The van der Waals surface area contributed by atoms with Gasteiger partial charge in [-0.05, 0) is 56.5 Å². The minimum Gasteiger partial charge on any atom is -0.373 e. The van der Waals surface area contributed by atoms with Crippen molar-refractivity contribution in [2.24, 2.45) is 5.41 Å². The second-order valence-corrected chi connectivity index (χ2v) is 7.38. The molecule has 1 unspecified atom stereocenters. The Morgan fingerprint density at radius 1 is 1.32 bits per heavy atom. The highest BCUT2D eigenvalue weighted by atomic mass is 32.1. The summed E-state index contributed by atoms with van der Waals surface area (Å²) in [4.78, 5) is 1.40. The van der Waals surface area contributed by atoms with Gasteiger partial charge in [0.2, 0.25) is 0 Å². The summed E-state index contributed by atoms with van der Waals surface area (Å²) in [6, 6.07) is 4.69. The number of rotatable bonds is 5. The molecule has 1 atom stereocenters. The lowest BCUT2D eigenvalue weighted by atomic mass is 9.68. The van der Waals surface area contributed by atoms with Crippen LogP contribution in [0.25, 0.3) is 0 Å². The van der Waals surface area contributed by atoms with Crippen molar-refractivity contribution >= 4 is 11.3 Å². The Hall–Kier alpha value is -0.380. The summed E-state index contributed by atoms with van der Waals surface area (Å²) in [5.74, 6) is 0. The molecule has 0 radical (unpaired) electrons. The van der Waals surface area contributed by atoms with Crippen molar-refractivity contribution in [2.75, 3.05) is 13.7 Å². The molecule has 1 heterocycles. The Balaban J connectivity index is 2.23. The Kier molecular flexibility index (Phi) is 4.70. The van der Waals surface area contributed by atoms with Gasteiger partial charge in [0, 0.05) is 11.5 Å². The van der Waals surface area contributed by atoms with Crippen LogP contribution in [-0.2, 0) is 4.74 Å². The number of ether oxygens (including phenoxy) is 1. The van der Waals surface area contributed by atoms with Crippen molar-refractivity contribution in [1.29, 1.82) is 0 Å². The summed E-state index contributed by atoms with van der Waals surface area (Å²) in [6.45, 7) is 7.66. The largest absolute Gasteiger partial charge is 0.373 e. The lowest BCUT2D eigenvalue weighted by Crippen LogP contribution is -2.48. The number of nitrogens with one attached hydrogen (secondary N) is 1. The maximum absolute atomic E-state index is 6.28. The second kappa shape index (κ2) is 5.94. The number of thiophene rings is 1. The van der Waals surface area contributed by atoms with Gasteiger partial charge in [-0.15, -0.1) is 11.3 Å². The Bertz CT molecular complexity index is 375. The van der Waals surface area contributed by atoms with Gasteiger partial charge in [-0.25, -0.2) is 0 Å². The lowest BCUT2D eigenvalue weighted by molar-refractivity contribution is -0.106. The Morgan fingerprint density at radius 2 is 2.00 bits per heavy atom. The van der Waals surface area contributed by atoms with Crippen LogP contribution in [0.5, 0.6) is 0 Å². The topological polar surface area (TPSA) is 21.3 Å². The lowest BCUT2D eigenvalue weighted by Gasteiger charge is -2.47. The minimum atomic E-state index is -0.0239. The number of likely N-dealkylation sites (N-methyl/N-ethyl adjacent to an activating group) is 1. The molecule has 108 valence electrons. The molecule has 1 aromatic rings. The minimum absolute atomic E-state index is 0.0239. The predicted molar refractivity (Wildman–Crippen MR) is 82.7 cm³/mol. The SMILES string of the molecule is CCOC1(C(NC)c2cccs2)CCC(C)(C)CC1. The predicted octanol–water partition coefficient (Wildman–Crippen LogP) is 4.38. The van der Waals surface area contributed by atoms with Gasteiger partial charge in [0.15, 0.2) is 0 Å². The van der Waals surface area contributed by atoms with Crippen LogP contribution in [0.2, 0.25) is 0 Å². The summed E-state index contributed by atoms with van der Waals surface area (Å²) >= 11 is 1.83. The molecule has 0 bridgehead atoms. The molecule has 0 aromatic carbocycles. The van der Waals surface area contributed by atoms with Crippen LogP contribution < -0.4 is 5.32 Å². The highest BCUT2D eigenvalue weighted by Crippen LogP contribution is 2.48. The van der Waals surface area contributed by atoms with Crippen LogP contribution >= 0.6 is 11.3 Å². The summed E-state index contributed by atoms with van der Waals surface area (Å²) in [5.41, 5.74) is 0.443. The summed E-state index contributed by atoms with van der Waals surface area (Å²) in [5, 5.41) is 5.67. The van der Waals surface area contributed by atoms with Crippen molar-refractivity contribution in [3.8, 4) is 0 Å². The van der Waals surface area contributed by atoms with E-state index in [9.17, 15) is 0 Å². The first-order chi connectivity index (χ1) is 9.03. The van der Waals surface area contributed by atoms with Crippen molar-refractivity contribution in [2.45, 2.75) is 58.1 Å². The molecule has 1 saturated carbocycles. The Morgan fingerprint density at radius 3 is 2.47 bits per heavy atom. The molecular weight excluding hydrogens is 254 g/mol. The third-order valence-electron chi connectivity index (χ3n) is 4.52. The van der Waals surface area contributed by atoms with Crippen molar-refractivity contribution < 1.29 is 4.74 Å². The third kappa shape index (κ3) is 3.21. The molecule has 1 N–H and O–H groups in total. The zero-order valence-electron chi connectivity index (χ0n) is 12.7. The van der Waals surface area contributed by atoms with Gasteiger partial charge >= 0.3 is 0 Å². The average molecular weight is 281 g/mol. The number of hydrogen-bond acceptors (Lipinski definition) is 3. The van der Waals surface area contributed by atoms with E-state index in [0.29, 0.717) is 11.5 Å². The van der Waals surface area contributed by atoms with Gasteiger partial charge in [0.1, 0.15) is 0 Å². The first-order valence-electron chi connectivity index (χ1n) is 7.38. The molecule has 19 heavy (non-hydrogen) atoms. The van der Waals surface area contributed by atoms with E-state index in [1.807, 2.05) is 11.3 Å². The molecule has 0 saturated heterocycles. The fourth-order valence-corrected chi connectivity index (χ4v) is 4.21. The van der Waals surface area contributed by atoms with E-state index < -0.39 is 0 Å². The molecule has 1 aromatic heterocycles. The molecule has 0 spiro atoms. The standard InChI is InChI=1S/C16H27NOS/c1-5-18-16(10-8-15(2,3)9-11-16)14(17-4)13-7-6-12-19-13/h6-7,12,14,17H,5,8-11H2,1-4H3. The van der Waals surface area contributed by atoms with Crippen LogP contribution in [0.3, 0.4) is 0 Å². The molecule has 1 aliphatic carbocycles. The fraction of sp³-hybridized carbons (Fsp3) is 0.750. The summed E-state index contributed by atoms with van der Waals surface area (Å²) < 4.78 is 6.28. The molecule has 1 aliphatic rings. The summed E-state index contributed by atoms with van der Waals surface area (Å²) in [7, 11) is 2.06. The normalized spacial score (nSPS) is 23.2. The van der Waals surface area contributed by atoms with Crippen LogP contribution in [0, 0.1) is 5.41 Å². The third-order valence-corrected chi connectivity index (χ3v) is 5.46. The van der Waals surface area contributed by atoms with Gasteiger partial charge < -0.3 is 10.1 Å². The zero-order chi connectivity index (χ0) is 13.9. The average Bonchev–Trinajstić information content (AvgIpc) is 2.88. The van der Waals surface area contributed by atoms with E-state index >= 15 is 0 Å². The van der Waals surface area contributed by atoms with Crippen LogP contribution in [-0.4, -0.2) is 19.3 Å². The molecular formula is C16H27NOS. The van der Waals surface area contributed by atoms with Crippen LogP contribution in [0.1, 0.15) is 57.4 Å². The first kappa shape index (κ1) is 15.0. The van der Waals surface area contributed by atoms with E-state index in [4.69, 9.17) is 4.74 Å². The number of hydrogen-bond donors (Lipinski definition) is 1. The summed E-state index contributed by atoms with van der Waals surface area (Å²) in [6.07, 6.45) is 4.79. The van der Waals surface area contributed by atoms with Gasteiger partial charge in [-0.2, -0.15) is 0 Å². The molecule has 3 heteroatoms. The molecule has 1 fully saturated rings. The maximum atomic E-state index is 6.28. The van der Waals surface area contributed by atoms with Crippen molar-refractivity contribution in [1.82, 2.24) is 5.32 Å². The molecule has 2 rings (SSSR count). The van der Waals surface area contributed by atoms with E-state index in [2.05, 4.69) is 50.6 Å². The molecule has 0 amide bonds. The van der Waals surface area contributed by atoms with Crippen LogP contribution in [0.4, 0.5) is 0 Å². The smallest absolute Gasteiger partial charge is 0.0884 e. The maximum Gasteiger partial charge on any atom is 0.0884 e. The van der Waals surface area contributed by atoms with E-state index in [1.54, 1.807) is 0 Å². The van der Waals surface area contributed by atoms with Crippen molar-refractivity contribution in [3.05, 3.63) is 22.4 Å². The van der Waals surface area contributed by atoms with E-state index in [0.717, 1.165) is 19.4 Å².